The number of hydrogen-bond acceptors (Lipinski definition) is 3. The van der Waals surface area contributed by atoms with E-state index in [0.29, 0.717) is 11.3 Å². The van der Waals surface area contributed by atoms with Crippen LogP contribution in [0.5, 0.6) is 5.75 Å². The molecule has 0 atom stereocenters. The topological polar surface area (TPSA) is 35.2 Å². The largest absolute Gasteiger partial charge is 0.490 e. The van der Waals surface area contributed by atoms with Crippen molar-refractivity contribution in [2.45, 2.75) is 57.6 Å². The number of likely N-dealkylation sites (tertiary alicyclic amines) is 1. The first kappa shape index (κ1) is 19.5. The second-order valence-electron chi connectivity index (χ2n) is 8.29. The van der Waals surface area contributed by atoms with Crippen LogP contribution in [0, 0.1) is 0 Å². The predicted molar refractivity (Wildman–Crippen MR) is 107 cm³/mol. The van der Waals surface area contributed by atoms with Gasteiger partial charge in [-0.2, -0.15) is 18.3 Å². The predicted octanol–water partition coefficient (Wildman–Crippen LogP) is 4.39. The number of alkyl halides is 3. The number of benzene rings is 1. The van der Waals surface area contributed by atoms with Crippen LogP contribution in [0.25, 0.3) is 10.9 Å². The molecule has 2 aromatic heterocycles. The van der Waals surface area contributed by atoms with Gasteiger partial charge in [0.15, 0.2) is 0 Å². The third-order valence-corrected chi connectivity index (χ3v) is 6.05. The van der Waals surface area contributed by atoms with Crippen LogP contribution in [-0.4, -0.2) is 44.6 Å². The van der Waals surface area contributed by atoms with Gasteiger partial charge in [-0.3, -0.25) is 9.58 Å². The zero-order valence-corrected chi connectivity index (χ0v) is 16.7. The average molecular weight is 418 g/mol. The second-order valence-corrected chi connectivity index (χ2v) is 8.29. The maximum absolute atomic E-state index is 12.8. The van der Waals surface area contributed by atoms with Crippen molar-refractivity contribution in [2.24, 2.45) is 0 Å². The summed E-state index contributed by atoms with van der Waals surface area (Å²) in [6.45, 7) is 2.76. The van der Waals surface area contributed by atoms with Gasteiger partial charge in [0, 0.05) is 43.5 Å². The van der Waals surface area contributed by atoms with Crippen molar-refractivity contribution in [1.82, 2.24) is 19.2 Å². The van der Waals surface area contributed by atoms with E-state index in [1.165, 1.54) is 22.9 Å². The Labute approximate surface area is 173 Å². The Kier molecular flexibility index (Phi) is 4.97. The molecule has 2 aliphatic rings. The van der Waals surface area contributed by atoms with Crippen LogP contribution in [0.15, 0.2) is 36.5 Å². The van der Waals surface area contributed by atoms with Crippen molar-refractivity contribution in [2.75, 3.05) is 13.1 Å². The van der Waals surface area contributed by atoms with Gasteiger partial charge in [0.05, 0.1) is 11.2 Å². The normalized spacial score (nSPS) is 18.2. The van der Waals surface area contributed by atoms with Crippen molar-refractivity contribution >= 4 is 10.9 Å². The van der Waals surface area contributed by atoms with E-state index < -0.39 is 12.7 Å². The van der Waals surface area contributed by atoms with E-state index in [0.717, 1.165) is 56.5 Å². The van der Waals surface area contributed by atoms with E-state index in [1.54, 1.807) is 18.2 Å². The highest BCUT2D eigenvalue weighted by molar-refractivity contribution is 5.86. The molecule has 5 nitrogen and oxygen atoms in total. The summed E-state index contributed by atoms with van der Waals surface area (Å²) in [5.74, 6) is 0.664. The quantitative estimate of drug-likeness (QED) is 0.617. The molecule has 0 radical (unpaired) electrons. The zero-order chi connectivity index (χ0) is 20.7. The van der Waals surface area contributed by atoms with Gasteiger partial charge < -0.3 is 9.30 Å². The summed E-state index contributed by atoms with van der Waals surface area (Å²) < 4.78 is 48.0. The number of aryl methyl sites for hydroxylation is 2. The molecule has 0 unspecified atom stereocenters. The van der Waals surface area contributed by atoms with E-state index in [4.69, 9.17) is 9.84 Å². The van der Waals surface area contributed by atoms with Gasteiger partial charge in [-0.15, -0.1) is 0 Å². The number of piperidine rings is 1. The summed E-state index contributed by atoms with van der Waals surface area (Å²) in [5.41, 5.74) is 3.03. The molecule has 0 aliphatic carbocycles. The summed E-state index contributed by atoms with van der Waals surface area (Å²) in [6, 6.07) is 9.25. The fourth-order valence-corrected chi connectivity index (χ4v) is 4.62. The Bertz CT molecular complexity index is 1010. The fourth-order valence-electron chi connectivity index (χ4n) is 4.62. The van der Waals surface area contributed by atoms with Crippen molar-refractivity contribution in [3.63, 3.8) is 0 Å². The van der Waals surface area contributed by atoms with Crippen LogP contribution < -0.4 is 4.74 Å². The molecule has 0 amide bonds. The minimum atomic E-state index is -4.25. The first-order chi connectivity index (χ1) is 14.4. The molecular formula is C22H25F3N4O. The molecule has 4 heterocycles. The van der Waals surface area contributed by atoms with Gasteiger partial charge in [-0.25, -0.2) is 0 Å². The maximum Gasteiger partial charge on any atom is 0.406 e. The Hall–Kier alpha value is -2.48. The molecular weight excluding hydrogens is 393 g/mol. The number of aromatic nitrogens is 3. The molecule has 0 saturated carbocycles. The Morgan fingerprint density at radius 1 is 1.10 bits per heavy atom. The highest BCUT2D eigenvalue weighted by Crippen LogP contribution is 2.31. The van der Waals surface area contributed by atoms with E-state index in [-0.39, 0.29) is 6.10 Å². The minimum absolute atomic E-state index is 0.0739. The molecule has 3 aromatic rings. The first-order valence-electron chi connectivity index (χ1n) is 10.5. The van der Waals surface area contributed by atoms with E-state index in [9.17, 15) is 13.2 Å². The number of ether oxygens (including phenoxy) is 1. The standard InChI is InChI=1S/C22H25F3N4O/c23-22(24,25)15-28-12-8-19-20(28)4-1-5-21(19)30-18-6-10-27(11-7-18)14-16-13-17-3-2-9-29(17)26-16/h1,4-5,8,12-13,18H,2-3,6-7,9-11,14-15H2. The lowest BCUT2D eigenvalue weighted by molar-refractivity contribution is -0.139. The van der Waals surface area contributed by atoms with E-state index in [1.807, 2.05) is 6.07 Å². The second kappa shape index (κ2) is 7.65. The molecule has 2 aliphatic heterocycles. The molecule has 0 bridgehead atoms. The molecule has 1 fully saturated rings. The van der Waals surface area contributed by atoms with Crippen LogP contribution >= 0.6 is 0 Å². The van der Waals surface area contributed by atoms with Gasteiger partial charge in [-0.05, 0) is 49.9 Å². The number of rotatable bonds is 5. The molecule has 30 heavy (non-hydrogen) atoms. The number of halogens is 3. The maximum atomic E-state index is 12.8. The van der Waals surface area contributed by atoms with Crippen molar-refractivity contribution in [3.8, 4) is 5.75 Å². The Morgan fingerprint density at radius 2 is 1.93 bits per heavy atom. The molecule has 0 spiro atoms. The average Bonchev–Trinajstić information content (AvgIpc) is 3.38. The molecule has 5 rings (SSSR count). The highest BCUT2D eigenvalue weighted by atomic mass is 19.4. The van der Waals surface area contributed by atoms with Gasteiger partial charge in [0.25, 0.3) is 0 Å². The minimum Gasteiger partial charge on any atom is -0.490 e. The first-order valence-corrected chi connectivity index (χ1v) is 10.5. The monoisotopic (exact) mass is 418 g/mol. The summed E-state index contributed by atoms with van der Waals surface area (Å²) in [6.07, 6.45) is 1.42. The molecule has 0 N–H and O–H groups in total. The van der Waals surface area contributed by atoms with E-state index in [2.05, 4.69) is 15.6 Å². The molecule has 1 saturated heterocycles. The lowest BCUT2D eigenvalue weighted by Gasteiger charge is -2.31. The van der Waals surface area contributed by atoms with Crippen molar-refractivity contribution < 1.29 is 17.9 Å². The number of fused-ring (bicyclic) bond motifs is 2. The van der Waals surface area contributed by atoms with E-state index >= 15 is 0 Å². The van der Waals surface area contributed by atoms with Crippen LogP contribution in [0.2, 0.25) is 0 Å². The molecule has 160 valence electrons. The zero-order valence-electron chi connectivity index (χ0n) is 16.7. The SMILES string of the molecule is FC(F)(F)Cn1ccc2c(OC3CCN(Cc4cc5n(n4)CCC5)CC3)cccc21. The summed E-state index contributed by atoms with van der Waals surface area (Å²) in [5, 5.41) is 5.43. The van der Waals surface area contributed by atoms with Crippen LogP contribution in [0.1, 0.15) is 30.7 Å². The molecule has 8 heteroatoms. The summed E-state index contributed by atoms with van der Waals surface area (Å²) >= 11 is 0. The van der Waals surface area contributed by atoms with Gasteiger partial charge in [0.2, 0.25) is 0 Å². The molecule has 1 aromatic carbocycles. The van der Waals surface area contributed by atoms with Crippen molar-refractivity contribution in [3.05, 3.63) is 47.9 Å². The van der Waals surface area contributed by atoms with Gasteiger partial charge in [-0.1, -0.05) is 6.07 Å². The number of nitrogens with zero attached hydrogens (tertiary/aromatic N) is 4. The van der Waals surface area contributed by atoms with Crippen LogP contribution in [-0.2, 0) is 26.1 Å². The summed E-state index contributed by atoms with van der Waals surface area (Å²) in [7, 11) is 0. The lowest BCUT2D eigenvalue weighted by Crippen LogP contribution is -2.37. The third kappa shape index (κ3) is 4.05. The smallest absolute Gasteiger partial charge is 0.406 e. The van der Waals surface area contributed by atoms with Crippen LogP contribution in [0.3, 0.4) is 0 Å². The summed E-state index contributed by atoms with van der Waals surface area (Å²) in [4.78, 5) is 2.40. The fraction of sp³-hybridized carbons (Fsp3) is 0.500. The van der Waals surface area contributed by atoms with Crippen molar-refractivity contribution in [1.29, 1.82) is 0 Å². The van der Waals surface area contributed by atoms with Gasteiger partial charge >= 0.3 is 6.18 Å². The number of hydrogen-bond donors (Lipinski definition) is 0. The highest BCUT2D eigenvalue weighted by Gasteiger charge is 2.29. The Morgan fingerprint density at radius 3 is 2.70 bits per heavy atom. The lowest BCUT2D eigenvalue weighted by atomic mass is 10.1. The van der Waals surface area contributed by atoms with Gasteiger partial charge in [0.1, 0.15) is 18.4 Å². The Balaban J connectivity index is 1.20. The van der Waals surface area contributed by atoms with Crippen LogP contribution in [0.4, 0.5) is 13.2 Å². The third-order valence-electron chi connectivity index (χ3n) is 6.05.